The van der Waals surface area contributed by atoms with Gasteiger partial charge in [-0.1, -0.05) is 12.8 Å². The molecule has 0 N–H and O–H groups in total. The molecule has 27 heavy (non-hydrogen) atoms. The number of nitro benzene ring substituents is 1. The van der Waals surface area contributed by atoms with Crippen LogP contribution in [-0.2, 0) is 15.7 Å². The summed E-state index contributed by atoms with van der Waals surface area (Å²) in [5.41, 5.74) is -3.21. The van der Waals surface area contributed by atoms with Gasteiger partial charge in [-0.05, 0) is 31.9 Å². The number of carbonyl (C=O) groups is 2. The maximum absolute atomic E-state index is 12.8. The third-order valence-electron chi connectivity index (χ3n) is 4.37. The molecule has 0 atom stereocenters. The van der Waals surface area contributed by atoms with E-state index in [1.165, 1.54) is 0 Å². The van der Waals surface area contributed by atoms with Crippen LogP contribution < -0.4 is 0 Å². The topological polar surface area (TPSA) is 86.5 Å². The molecule has 1 saturated carbocycles. The Balaban J connectivity index is 2.47. The van der Waals surface area contributed by atoms with Gasteiger partial charge >= 0.3 is 6.18 Å². The fourth-order valence-corrected chi connectivity index (χ4v) is 2.99. The smallest absolute Gasteiger partial charge is 0.416 e. The Morgan fingerprint density at radius 2 is 1.93 bits per heavy atom. The second kappa shape index (κ2) is 8.32. The highest BCUT2D eigenvalue weighted by Gasteiger charge is 2.36. The monoisotopic (exact) mass is 385 g/mol. The molecule has 0 aliphatic heterocycles. The van der Waals surface area contributed by atoms with E-state index in [1.807, 2.05) is 0 Å². The van der Waals surface area contributed by atoms with Gasteiger partial charge in [0.05, 0.1) is 23.4 Å². The van der Waals surface area contributed by atoms with Crippen molar-refractivity contribution in [3.63, 3.8) is 0 Å². The van der Waals surface area contributed by atoms with Crippen LogP contribution in [0.15, 0.2) is 30.0 Å². The fraction of sp³-hybridized carbons (Fsp3) is 0.444. The first-order valence-corrected chi connectivity index (χ1v) is 8.43. The lowest BCUT2D eigenvalue weighted by Gasteiger charge is -2.12. The minimum atomic E-state index is -4.80. The van der Waals surface area contributed by atoms with Gasteiger partial charge in [-0.2, -0.15) is 13.2 Å². The summed E-state index contributed by atoms with van der Waals surface area (Å²) < 4.78 is 43.5. The van der Waals surface area contributed by atoms with Crippen molar-refractivity contribution < 1.29 is 32.4 Å². The second-order valence-corrected chi connectivity index (χ2v) is 6.15. The number of ether oxygens (including phenoxy) is 1. The Hall–Kier alpha value is -2.71. The van der Waals surface area contributed by atoms with Crippen LogP contribution in [0.5, 0.6) is 0 Å². The van der Waals surface area contributed by atoms with Gasteiger partial charge in [-0.15, -0.1) is 0 Å². The molecule has 0 saturated heterocycles. The molecular formula is C18H18F3NO5. The van der Waals surface area contributed by atoms with Crippen LogP contribution in [0.25, 0.3) is 0 Å². The van der Waals surface area contributed by atoms with E-state index in [0.29, 0.717) is 25.0 Å². The van der Waals surface area contributed by atoms with Gasteiger partial charge in [0.2, 0.25) is 5.78 Å². The number of rotatable bonds is 7. The Kier molecular flexibility index (Phi) is 6.35. The Bertz CT molecular complexity index is 780. The van der Waals surface area contributed by atoms with Gasteiger partial charge in [0.1, 0.15) is 11.1 Å². The lowest BCUT2D eigenvalue weighted by Crippen LogP contribution is -2.21. The van der Waals surface area contributed by atoms with Crippen LogP contribution in [0.3, 0.4) is 0 Å². The normalized spacial score (nSPS) is 15.6. The molecule has 0 aromatic heterocycles. The molecule has 0 radical (unpaired) electrons. The van der Waals surface area contributed by atoms with E-state index in [0.717, 1.165) is 25.2 Å². The lowest BCUT2D eigenvalue weighted by molar-refractivity contribution is -0.385. The molecule has 1 aliphatic rings. The van der Waals surface area contributed by atoms with Crippen LogP contribution in [0, 0.1) is 16.0 Å². The van der Waals surface area contributed by atoms with E-state index in [2.05, 4.69) is 0 Å². The van der Waals surface area contributed by atoms with Gasteiger partial charge < -0.3 is 4.74 Å². The third kappa shape index (κ3) is 4.72. The molecule has 9 heteroatoms. The summed E-state index contributed by atoms with van der Waals surface area (Å²) in [6.07, 6.45) is -1.02. The maximum Gasteiger partial charge on any atom is 0.416 e. The predicted molar refractivity (Wildman–Crippen MR) is 89.1 cm³/mol. The van der Waals surface area contributed by atoms with Crippen molar-refractivity contribution >= 4 is 17.3 Å². The number of Topliss-reactive ketones (excluding diaryl/α,β-unsaturated/α-hetero) is 2. The summed E-state index contributed by atoms with van der Waals surface area (Å²) in [6.45, 7) is 1.78. The summed E-state index contributed by atoms with van der Waals surface area (Å²) in [6, 6.07) is 1.61. The van der Waals surface area contributed by atoms with E-state index >= 15 is 0 Å². The SMILES string of the molecule is CCO/C=C(\C(=O)c1ccc(C(F)(F)F)cc1[N+](=O)[O-])C(=O)C1CCCC1. The first kappa shape index (κ1) is 20.6. The average molecular weight is 385 g/mol. The standard InChI is InChI=1S/C18H18F3NO5/c1-2-27-10-14(16(23)11-5-3-4-6-11)17(24)13-8-7-12(18(19,20)21)9-15(13)22(25)26/h7-11H,2-6H2,1H3/b14-10-. The molecule has 1 aliphatic carbocycles. The highest BCUT2D eigenvalue weighted by atomic mass is 19.4. The van der Waals surface area contributed by atoms with Crippen molar-refractivity contribution in [2.75, 3.05) is 6.61 Å². The summed E-state index contributed by atoms with van der Waals surface area (Å²) >= 11 is 0. The molecule has 6 nitrogen and oxygen atoms in total. The first-order valence-electron chi connectivity index (χ1n) is 8.43. The quantitative estimate of drug-likeness (QED) is 0.131. The average Bonchev–Trinajstić information content (AvgIpc) is 3.15. The van der Waals surface area contributed by atoms with E-state index in [9.17, 15) is 32.9 Å². The second-order valence-electron chi connectivity index (χ2n) is 6.15. The zero-order valence-corrected chi connectivity index (χ0v) is 14.5. The number of nitrogens with zero attached hydrogens (tertiary/aromatic N) is 1. The Morgan fingerprint density at radius 1 is 1.30 bits per heavy atom. The molecule has 2 rings (SSSR count). The number of carbonyl (C=O) groups excluding carboxylic acids is 2. The van der Waals surface area contributed by atoms with Crippen LogP contribution in [0.1, 0.15) is 48.5 Å². The fourth-order valence-electron chi connectivity index (χ4n) is 2.99. The van der Waals surface area contributed by atoms with Gasteiger partial charge in [-0.25, -0.2) is 0 Å². The van der Waals surface area contributed by atoms with Gasteiger partial charge in [-0.3, -0.25) is 19.7 Å². The number of benzene rings is 1. The largest absolute Gasteiger partial charge is 0.501 e. The summed E-state index contributed by atoms with van der Waals surface area (Å²) in [7, 11) is 0. The molecule has 0 unspecified atom stereocenters. The van der Waals surface area contributed by atoms with Crippen molar-refractivity contribution in [3.8, 4) is 0 Å². The minimum Gasteiger partial charge on any atom is -0.501 e. The molecule has 0 bridgehead atoms. The third-order valence-corrected chi connectivity index (χ3v) is 4.37. The number of ketones is 2. The molecule has 0 amide bonds. The van der Waals surface area contributed by atoms with Gasteiger partial charge in [0.15, 0.2) is 5.78 Å². The zero-order chi connectivity index (χ0) is 20.2. The lowest BCUT2D eigenvalue weighted by atomic mass is 9.91. The molecule has 0 heterocycles. The van der Waals surface area contributed by atoms with Crippen LogP contribution in [-0.4, -0.2) is 23.1 Å². The molecule has 1 aromatic carbocycles. The first-order chi connectivity index (χ1) is 12.7. The number of alkyl halides is 3. The van der Waals surface area contributed by atoms with Crippen molar-refractivity contribution in [2.45, 2.75) is 38.8 Å². The van der Waals surface area contributed by atoms with Gasteiger partial charge in [0, 0.05) is 12.0 Å². The molecule has 1 fully saturated rings. The Labute approximate surface area is 153 Å². The highest BCUT2D eigenvalue weighted by molar-refractivity contribution is 6.27. The molecule has 146 valence electrons. The molecule has 1 aromatic rings. The summed E-state index contributed by atoms with van der Waals surface area (Å²) in [5.74, 6) is -1.91. The van der Waals surface area contributed by atoms with Crippen LogP contribution in [0.4, 0.5) is 18.9 Å². The highest BCUT2D eigenvalue weighted by Crippen LogP contribution is 2.35. The summed E-state index contributed by atoms with van der Waals surface area (Å²) in [5, 5.41) is 11.2. The number of hydrogen-bond acceptors (Lipinski definition) is 5. The number of hydrogen-bond donors (Lipinski definition) is 0. The minimum absolute atomic E-state index is 0.157. The Morgan fingerprint density at radius 3 is 2.44 bits per heavy atom. The van der Waals surface area contributed by atoms with Crippen LogP contribution >= 0.6 is 0 Å². The van der Waals surface area contributed by atoms with E-state index in [-0.39, 0.29) is 12.2 Å². The van der Waals surface area contributed by atoms with Crippen molar-refractivity contribution in [2.24, 2.45) is 5.92 Å². The van der Waals surface area contributed by atoms with Crippen molar-refractivity contribution in [1.29, 1.82) is 0 Å². The maximum atomic E-state index is 12.8. The van der Waals surface area contributed by atoms with Crippen LogP contribution in [0.2, 0.25) is 0 Å². The van der Waals surface area contributed by atoms with E-state index < -0.39 is 45.4 Å². The summed E-state index contributed by atoms with van der Waals surface area (Å²) in [4.78, 5) is 35.6. The number of nitro groups is 1. The predicted octanol–water partition coefficient (Wildman–Crippen LogP) is 4.48. The molecular weight excluding hydrogens is 367 g/mol. The van der Waals surface area contributed by atoms with Crippen molar-refractivity contribution in [1.82, 2.24) is 0 Å². The number of halogens is 3. The van der Waals surface area contributed by atoms with E-state index in [4.69, 9.17) is 4.74 Å². The van der Waals surface area contributed by atoms with Crippen molar-refractivity contribution in [3.05, 3.63) is 51.3 Å². The molecule has 0 spiro atoms. The number of allylic oxidation sites excluding steroid dienone is 1. The van der Waals surface area contributed by atoms with Gasteiger partial charge in [0.25, 0.3) is 5.69 Å². The van der Waals surface area contributed by atoms with E-state index in [1.54, 1.807) is 6.92 Å². The zero-order valence-electron chi connectivity index (χ0n) is 14.5.